The molecule has 0 aliphatic carbocycles. The third-order valence-electron chi connectivity index (χ3n) is 1.84. The number of aromatic nitrogens is 2. The van der Waals surface area contributed by atoms with Crippen molar-refractivity contribution in [1.82, 2.24) is 9.97 Å². The SMILES string of the molecule is Oc1c(F)cc(Nc2ncccn2)cc1F. The fraction of sp³-hybridized carbons (Fsp3) is 0. The predicted molar refractivity (Wildman–Crippen MR) is 53.3 cm³/mol. The van der Waals surface area contributed by atoms with Crippen molar-refractivity contribution in [3.8, 4) is 5.75 Å². The largest absolute Gasteiger partial charge is 0.503 e. The highest BCUT2D eigenvalue weighted by molar-refractivity contribution is 5.55. The van der Waals surface area contributed by atoms with E-state index in [9.17, 15) is 8.78 Å². The number of nitrogens with one attached hydrogen (secondary N) is 1. The lowest BCUT2D eigenvalue weighted by Crippen LogP contribution is -1.97. The van der Waals surface area contributed by atoms with E-state index in [-0.39, 0.29) is 11.6 Å². The molecule has 0 unspecified atom stereocenters. The van der Waals surface area contributed by atoms with Gasteiger partial charge in [0.25, 0.3) is 0 Å². The zero-order chi connectivity index (χ0) is 11.5. The standard InChI is InChI=1S/C10H7F2N3O/c11-7-4-6(5-8(12)9(7)16)15-10-13-2-1-3-14-10/h1-5,16H,(H,13,14,15). The highest BCUT2D eigenvalue weighted by Gasteiger charge is 2.09. The molecule has 1 aromatic carbocycles. The van der Waals surface area contributed by atoms with Crippen molar-refractivity contribution >= 4 is 11.6 Å². The van der Waals surface area contributed by atoms with Crippen molar-refractivity contribution in [2.45, 2.75) is 0 Å². The first kappa shape index (κ1) is 10.3. The molecular weight excluding hydrogens is 216 g/mol. The summed E-state index contributed by atoms with van der Waals surface area (Å²) in [7, 11) is 0. The van der Waals surface area contributed by atoms with Crippen LogP contribution in [0.4, 0.5) is 20.4 Å². The molecule has 1 heterocycles. The Balaban J connectivity index is 2.29. The van der Waals surface area contributed by atoms with E-state index in [1.807, 2.05) is 0 Å². The molecule has 0 aliphatic heterocycles. The molecule has 16 heavy (non-hydrogen) atoms. The number of phenolic OH excluding ortho intramolecular Hbond substituents is 1. The molecular formula is C10H7F2N3O. The van der Waals surface area contributed by atoms with Gasteiger partial charge < -0.3 is 10.4 Å². The summed E-state index contributed by atoms with van der Waals surface area (Å²) < 4.78 is 25.9. The second-order valence-electron chi connectivity index (χ2n) is 2.99. The minimum absolute atomic E-state index is 0.124. The number of nitrogens with zero attached hydrogens (tertiary/aromatic N) is 2. The Morgan fingerprint density at radius 1 is 1.06 bits per heavy atom. The normalized spacial score (nSPS) is 10.1. The highest BCUT2D eigenvalue weighted by atomic mass is 19.1. The number of benzene rings is 1. The molecule has 0 bridgehead atoms. The van der Waals surface area contributed by atoms with Gasteiger partial charge in [0.2, 0.25) is 5.95 Å². The second kappa shape index (κ2) is 4.09. The van der Waals surface area contributed by atoms with E-state index in [4.69, 9.17) is 5.11 Å². The van der Waals surface area contributed by atoms with Crippen LogP contribution in [0.5, 0.6) is 5.75 Å². The Morgan fingerprint density at radius 3 is 2.19 bits per heavy atom. The van der Waals surface area contributed by atoms with E-state index in [2.05, 4.69) is 15.3 Å². The number of hydrogen-bond acceptors (Lipinski definition) is 4. The van der Waals surface area contributed by atoms with Crippen LogP contribution in [0, 0.1) is 11.6 Å². The first-order chi connectivity index (χ1) is 7.66. The van der Waals surface area contributed by atoms with Gasteiger partial charge in [-0.3, -0.25) is 0 Å². The molecule has 6 heteroatoms. The topological polar surface area (TPSA) is 58.0 Å². The lowest BCUT2D eigenvalue weighted by Gasteiger charge is -2.05. The fourth-order valence-electron chi connectivity index (χ4n) is 1.13. The number of anilines is 2. The van der Waals surface area contributed by atoms with E-state index < -0.39 is 17.4 Å². The van der Waals surface area contributed by atoms with Gasteiger partial charge in [-0.05, 0) is 6.07 Å². The Bertz CT molecular complexity index is 482. The van der Waals surface area contributed by atoms with Crippen LogP contribution in [0.15, 0.2) is 30.6 Å². The summed E-state index contributed by atoms with van der Waals surface area (Å²) in [4.78, 5) is 7.65. The molecule has 0 fully saturated rings. The number of phenols is 1. The molecule has 0 aliphatic rings. The smallest absolute Gasteiger partial charge is 0.227 e. The summed E-state index contributed by atoms with van der Waals surface area (Å²) in [6, 6.07) is 3.52. The molecule has 4 nitrogen and oxygen atoms in total. The number of rotatable bonds is 2. The van der Waals surface area contributed by atoms with Gasteiger partial charge in [0.1, 0.15) is 0 Å². The number of halogens is 2. The molecule has 82 valence electrons. The zero-order valence-electron chi connectivity index (χ0n) is 7.98. The monoisotopic (exact) mass is 223 g/mol. The van der Waals surface area contributed by atoms with E-state index in [0.717, 1.165) is 12.1 Å². The van der Waals surface area contributed by atoms with Gasteiger partial charge in [-0.1, -0.05) is 0 Å². The van der Waals surface area contributed by atoms with Crippen molar-refractivity contribution in [1.29, 1.82) is 0 Å². The van der Waals surface area contributed by atoms with Crippen LogP contribution in [-0.2, 0) is 0 Å². The Labute approximate surface area is 89.6 Å². The Morgan fingerprint density at radius 2 is 1.62 bits per heavy atom. The molecule has 0 amide bonds. The molecule has 2 N–H and O–H groups in total. The van der Waals surface area contributed by atoms with Crippen molar-refractivity contribution < 1.29 is 13.9 Å². The summed E-state index contributed by atoms with van der Waals surface area (Å²) in [5, 5.41) is 11.5. The van der Waals surface area contributed by atoms with Crippen LogP contribution in [0.3, 0.4) is 0 Å². The van der Waals surface area contributed by atoms with E-state index >= 15 is 0 Å². The van der Waals surface area contributed by atoms with E-state index in [1.54, 1.807) is 6.07 Å². The maximum Gasteiger partial charge on any atom is 0.227 e. The van der Waals surface area contributed by atoms with Crippen molar-refractivity contribution in [2.24, 2.45) is 0 Å². The van der Waals surface area contributed by atoms with Crippen LogP contribution >= 0.6 is 0 Å². The Kier molecular flexibility index (Phi) is 2.63. The van der Waals surface area contributed by atoms with Crippen LogP contribution in [0.2, 0.25) is 0 Å². The van der Waals surface area contributed by atoms with Crippen LogP contribution in [0.25, 0.3) is 0 Å². The average Bonchev–Trinajstić information content (AvgIpc) is 2.27. The van der Waals surface area contributed by atoms with Gasteiger partial charge in [-0.2, -0.15) is 0 Å². The van der Waals surface area contributed by atoms with E-state index in [1.165, 1.54) is 12.4 Å². The summed E-state index contributed by atoms with van der Waals surface area (Å²) in [5.74, 6) is -2.87. The molecule has 0 atom stereocenters. The molecule has 1 aromatic heterocycles. The summed E-state index contributed by atoms with van der Waals surface area (Å²) >= 11 is 0. The zero-order valence-corrected chi connectivity index (χ0v) is 7.98. The lowest BCUT2D eigenvalue weighted by atomic mass is 10.3. The molecule has 0 radical (unpaired) electrons. The number of aromatic hydroxyl groups is 1. The van der Waals surface area contributed by atoms with Gasteiger partial charge in [-0.25, -0.2) is 18.7 Å². The number of hydrogen-bond donors (Lipinski definition) is 2. The van der Waals surface area contributed by atoms with Crippen molar-refractivity contribution in [3.63, 3.8) is 0 Å². The van der Waals surface area contributed by atoms with Crippen LogP contribution in [-0.4, -0.2) is 15.1 Å². The fourth-order valence-corrected chi connectivity index (χ4v) is 1.13. The molecule has 2 rings (SSSR count). The maximum atomic E-state index is 13.0. The van der Waals surface area contributed by atoms with Crippen LogP contribution < -0.4 is 5.32 Å². The van der Waals surface area contributed by atoms with Gasteiger partial charge in [0.05, 0.1) is 0 Å². The molecule has 2 aromatic rings. The summed E-state index contributed by atoms with van der Waals surface area (Å²) in [5.41, 5.74) is 0.124. The van der Waals surface area contributed by atoms with Gasteiger partial charge in [0.15, 0.2) is 17.4 Å². The second-order valence-corrected chi connectivity index (χ2v) is 2.99. The van der Waals surface area contributed by atoms with Gasteiger partial charge in [0, 0.05) is 30.2 Å². The van der Waals surface area contributed by atoms with E-state index in [0.29, 0.717) is 0 Å². The Hall–Kier alpha value is -2.24. The summed E-state index contributed by atoms with van der Waals surface area (Å²) in [6.45, 7) is 0. The first-order valence-corrected chi connectivity index (χ1v) is 4.39. The molecule has 0 saturated heterocycles. The lowest BCUT2D eigenvalue weighted by molar-refractivity contribution is 0.396. The minimum Gasteiger partial charge on any atom is -0.503 e. The van der Waals surface area contributed by atoms with Crippen molar-refractivity contribution in [3.05, 3.63) is 42.2 Å². The third-order valence-corrected chi connectivity index (χ3v) is 1.84. The van der Waals surface area contributed by atoms with Gasteiger partial charge >= 0.3 is 0 Å². The summed E-state index contributed by atoms with van der Waals surface area (Å²) in [6.07, 6.45) is 2.98. The maximum absolute atomic E-state index is 13.0. The minimum atomic E-state index is -1.04. The van der Waals surface area contributed by atoms with Gasteiger partial charge in [-0.15, -0.1) is 0 Å². The van der Waals surface area contributed by atoms with Crippen molar-refractivity contribution in [2.75, 3.05) is 5.32 Å². The third kappa shape index (κ3) is 2.05. The molecule has 0 spiro atoms. The van der Waals surface area contributed by atoms with Crippen LogP contribution in [0.1, 0.15) is 0 Å². The highest BCUT2D eigenvalue weighted by Crippen LogP contribution is 2.25. The predicted octanol–water partition coefficient (Wildman–Crippen LogP) is 2.20. The molecule has 0 saturated carbocycles. The average molecular weight is 223 g/mol. The quantitative estimate of drug-likeness (QED) is 0.766. The first-order valence-electron chi connectivity index (χ1n) is 4.39.